The molecule has 0 aliphatic rings. The molecule has 0 aliphatic heterocycles. The highest BCUT2D eigenvalue weighted by Gasteiger charge is 2.16. The van der Waals surface area contributed by atoms with E-state index in [0.717, 1.165) is 23.1 Å². The van der Waals surface area contributed by atoms with E-state index in [1.807, 2.05) is 39.8 Å². The summed E-state index contributed by atoms with van der Waals surface area (Å²) in [7, 11) is 3.04. The summed E-state index contributed by atoms with van der Waals surface area (Å²) in [5.41, 5.74) is 2.57. The van der Waals surface area contributed by atoms with Gasteiger partial charge in [-0.25, -0.2) is 0 Å². The number of rotatable bonds is 8. The zero-order valence-corrected chi connectivity index (χ0v) is 19.3. The third-order valence-corrected chi connectivity index (χ3v) is 5.34. The van der Waals surface area contributed by atoms with Crippen molar-refractivity contribution in [2.24, 2.45) is 0 Å². The van der Waals surface area contributed by atoms with Gasteiger partial charge in [0.1, 0.15) is 34.0 Å². The molecule has 0 bridgehead atoms. The number of hydrogen-bond acceptors (Lipinski definition) is 6. The maximum absolute atomic E-state index is 12.8. The van der Waals surface area contributed by atoms with Crippen molar-refractivity contribution in [3.05, 3.63) is 51.7 Å². The average molecular weight is 440 g/mol. The molecule has 32 heavy (non-hydrogen) atoms. The molecule has 0 saturated carbocycles. The van der Waals surface area contributed by atoms with Gasteiger partial charge in [-0.15, -0.1) is 0 Å². The van der Waals surface area contributed by atoms with Crippen molar-refractivity contribution < 1.29 is 23.4 Å². The van der Waals surface area contributed by atoms with Gasteiger partial charge in [0.05, 0.1) is 14.2 Å². The molecule has 3 aromatic rings. The van der Waals surface area contributed by atoms with Crippen molar-refractivity contribution in [1.29, 1.82) is 0 Å². The summed E-state index contributed by atoms with van der Waals surface area (Å²) < 4.78 is 22.5. The van der Waals surface area contributed by atoms with E-state index in [2.05, 4.69) is 5.32 Å². The van der Waals surface area contributed by atoms with Gasteiger partial charge in [-0.2, -0.15) is 0 Å². The summed E-state index contributed by atoms with van der Waals surface area (Å²) in [6.07, 6.45) is 0.854. The number of carbonyl (C=O) groups excluding carboxylic acids is 1. The van der Waals surface area contributed by atoms with Crippen LogP contribution in [0.1, 0.15) is 31.4 Å². The summed E-state index contributed by atoms with van der Waals surface area (Å²) in [4.78, 5) is 24.9. The van der Waals surface area contributed by atoms with Gasteiger partial charge in [0.25, 0.3) is 5.91 Å². The Labute approximate surface area is 187 Å². The van der Waals surface area contributed by atoms with Crippen molar-refractivity contribution in [3.63, 3.8) is 0 Å². The first-order valence-corrected chi connectivity index (χ1v) is 10.5. The van der Waals surface area contributed by atoms with E-state index >= 15 is 0 Å². The maximum atomic E-state index is 12.8. The fraction of sp³-hybridized carbons (Fsp3) is 0.360. The van der Waals surface area contributed by atoms with Crippen LogP contribution in [0.5, 0.6) is 17.2 Å². The van der Waals surface area contributed by atoms with Gasteiger partial charge in [0.15, 0.2) is 12.0 Å². The van der Waals surface area contributed by atoms with Crippen LogP contribution in [-0.4, -0.2) is 32.8 Å². The highest BCUT2D eigenvalue weighted by molar-refractivity contribution is 5.86. The largest absolute Gasteiger partial charge is 0.496 e. The Kier molecular flexibility index (Phi) is 7.08. The van der Waals surface area contributed by atoms with E-state index in [-0.39, 0.29) is 24.0 Å². The van der Waals surface area contributed by atoms with Crippen LogP contribution in [-0.2, 0) is 4.79 Å². The van der Waals surface area contributed by atoms with E-state index < -0.39 is 0 Å². The Morgan fingerprint density at radius 3 is 2.34 bits per heavy atom. The molecule has 7 nitrogen and oxygen atoms in total. The van der Waals surface area contributed by atoms with Crippen LogP contribution in [0.25, 0.3) is 22.3 Å². The molecule has 0 fully saturated rings. The summed E-state index contributed by atoms with van der Waals surface area (Å²) in [5.74, 6) is 1.82. The Balaban J connectivity index is 1.95. The highest BCUT2D eigenvalue weighted by Crippen LogP contribution is 2.34. The number of amides is 1. The molecule has 7 heteroatoms. The zero-order chi connectivity index (χ0) is 23.4. The fourth-order valence-corrected chi connectivity index (χ4v) is 3.53. The van der Waals surface area contributed by atoms with Gasteiger partial charge in [0.2, 0.25) is 0 Å². The number of fused-ring (bicyclic) bond motifs is 1. The third kappa shape index (κ3) is 4.88. The van der Waals surface area contributed by atoms with Crippen LogP contribution in [0, 0.1) is 13.8 Å². The lowest BCUT2D eigenvalue weighted by Gasteiger charge is -2.16. The molecule has 1 aromatic heterocycles. The van der Waals surface area contributed by atoms with Gasteiger partial charge in [0, 0.05) is 29.8 Å². The second-order valence-electron chi connectivity index (χ2n) is 7.78. The lowest BCUT2D eigenvalue weighted by molar-refractivity contribution is -0.123. The molecule has 1 N–H and O–H groups in total. The van der Waals surface area contributed by atoms with E-state index in [1.165, 1.54) is 20.3 Å². The number of methoxy groups -OCH3 is 2. The first kappa shape index (κ1) is 23.2. The van der Waals surface area contributed by atoms with Crippen LogP contribution >= 0.6 is 0 Å². The first-order valence-electron chi connectivity index (χ1n) is 10.5. The van der Waals surface area contributed by atoms with Gasteiger partial charge in [-0.3, -0.25) is 9.59 Å². The summed E-state index contributed by atoms with van der Waals surface area (Å²) >= 11 is 0. The highest BCUT2D eigenvalue weighted by atomic mass is 16.5. The monoisotopic (exact) mass is 439 g/mol. The van der Waals surface area contributed by atoms with E-state index in [1.54, 1.807) is 12.1 Å². The minimum atomic E-state index is -0.210. The van der Waals surface area contributed by atoms with Crippen molar-refractivity contribution in [3.8, 4) is 28.6 Å². The number of aryl methyl sites for hydroxylation is 2. The zero-order valence-electron chi connectivity index (χ0n) is 19.3. The number of hydrogen-bond donors (Lipinski definition) is 1. The predicted octanol–water partition coefficient (Wildman–Crippen LogP) is 4.39. The van der Waals surface area contributed by atoms with Crippen molar-refractivity contribution >= 4 is 16.9 Å². The minimum Gasteiger partial charge on any atom is -0.496 e. The lowest BCUT2D eigenvalue weighted by Crippen LogP contribution is -2.35. The molecule has 1 amide bonds. The molecule has 3 rings (SSSR count). The second kappa shape index (κ2) is 9.77. The summed E-state index contributed by atoms with van der Waals surface area (Å²) in [5, 5.41) is 3.24. The Morgan fingerprint density at radius 1 is 1.06 bits per heavy atom. The first-order chi connectivity index (χ1) is 15.3. The summed E-state index contributed by atoms with van der Waals surface area (Å²) in [6, 6.07) is 8.61. The molecule has 0 spiro atoms. The molecular formula is C25H29NO6. The molecular weight excluding hydrogens is 410 g/mol. The van der Waals surface area contributed by atoms with Crippen molar-refractivity contribution in [2.45, 2.75) is 40.2 Å². The molecule has 2 aromatic carbocycles. The predicted molar refractivity (Wildman–Crippen MR) is 124 cm³/mol. The van der Waals surface area contributed by atoms with E-state index in [9.17, 15) is 9.59 Å². The number of nitrogens with one attached hydrogen (secondary N) is 1. The van der Waals surface area contributed by atoms with Gasteiger partial charge < -0.3 is 23.9 Å². The van der Waals surface area contributed by atoms with Crippen LogP contribution in [0.2, 0.25) is 0 Å². The van der Waals surface area contributed by atoms with Crippen molar-refractivity contribution in [1.82, 2.24) is 5.32 Å². The number of benzene rings is 2. The second-order valence-corrected chi connectivity index (χ2v) is 7.78. The van der Waals surface area contributed by atoms with Crippen LogP contribution in [0.3, 0.4) is 0 Å². The number of ether oxygens (including phenoxy) is 3. The molecule has 1 atom stereocenters. The topological polar surface area (TPSA) is 87.0 Å². The Bertz CT molecular complexity index is 1170. The van der Waals surface area contributed by atoms with Crippen LogP contribution in [0.15, 0.2) is 39.5 Å². The van der Waals surface area contributed by atoms with Gasteiger partial charge >= 0.3 is 0 Å². The third-order valence-electron chi connectivity index (χ3n) is 5.34. The minimum absolute atomic E-state index is 0.0595. The van der Waals surface area contributed by atoms with Crippen molar-refractivity contribution in [2.75, 3.05) is 20.8 Å². The van der Waals surface area contributed by atoms with Crippen LogP contribution < -0.4 is 25.0 Å². The molecule has 0 aliphatic carbocycles. The molecule has 1 heterocycles. The molecule has 170 valence electrons. The Hall–Kier alpha value is -3.48. The normalized spacial score (nSPS) is 11.8. The number of carbonyl (C=O) groups is 1. The van der Waals surface area contributed by atoms with Gasteiger partial charge in [-0.05, 0) is 50.5 Å². The standard InChI is InChI=1S/C25H29NO6/c1-7-16(4)26-23(28)13-31-25-14(2)8-17(9-15(25)3)20-12-19(27)24-21(30-6)10-18(29-5)11-22(24)32-20/h8-12,16H,7,13H2,1-6H3,(H,26,28). The fourth-order valence-electron chi connectivity index (χ4n) is 3.53. The molecule has 0 saturated heterocycles. The molecule has 1 unspecified atom stereocenters. The lowest BCUT2D eigenvalue weighted by atomic mass is 10.0. The van der Waals surface area contributed by atoms with E-state index in [0.29, 0.717) is 34.0 Å². The smallest absolute Gasteiger partial charge is 0.258 e. The van der Waals surface area contributed by atoms with Crippen LogP contribution in [0.4, 0.5) is 0 Å². The quantitative estimate of drug-likeness (QED) is 0.560. The average Bonchev–Trinajstić information content (AvgIpc) is 2.77. The molecule has 0 radical (unpaired) electrons. The van der Waals surface area contributed by atoms with Gasteiger partial charge in [-0.1, -0.05) is 6.92 Å². The maximum Gasteiger partial charge on any atom is 0.258 e. The Morgan fingerprint density at radius 2 is 1.75 bits per heavy atom. The SMILES string of the molecule is CCC(C)NC(=O)COc1c(C)cc(-c2cc(=O)c3c(OC)cc(OC)cc3o2)cc1C. The summed E-state index contributed by atoms with van der Waals surface area (Å²) in [6.45, 7) is 7.69. The van der Waals surface area contributed by atoms with E-state index in [4.69, 9.17) is 18.6 Å².